The van der Waals surface area contributed by atoms with E-state index < -0.39 is 0 Å². The number of unbranched alkanes of at least 4 members (excludes halogenated alkanes) is 1. The van der Waals surface area contributed by atoms with E-state index in [-0.39, 0.29) is 24.3 Å². The van der Waals surface area contributed by atoms with E-state index >= 15 is 0 Å². The highest BCUT2D eigenvalue weighted by Gasteiger charge is 2.48. The Morgan fingerprint density at radius 1 is 1.32 bits per heavy atom. The Kier molecular flexibility index (Phi) is 6.65. The molecular formula is C20H30O5. The van der Waals surface area contributed by atoms with Crippen LogP contribution in [0.2, 0.25) is 0 Å². The number of esters is 1. The molecule has 1 saturated heterocycles. The van der Waals surface area contributed by atoms with Crippen LogP contribution < -0.4 is 0 Å². The minimum atomic E-state index is -0.148. The lowest BCUT2D eigenvalue weighted by Crippen LogP contribution is -2.31. The number of ether oxygens (including phenoxy) is 3. The Balaban J connectivity index is 1.54. The molecule has 0 N–H and O–H groups in total. The second-order valence-electron chi connectivity index (χ2n) is 7.48. The van der Waals surface area contributed by atoms with Gasteiger partial charge >= 0.3 is 5.97 Å². The maximum Gasteiger partial charge on any atom is 0.305 e. The molecule has 0 radical (unpaired) electrons. The number of aldehydes is 1. The van der Waals surface area contributed by atoms with Crippen molar-refractivity contribution in [2.75, 3.05) is 13.7 Å². The van der Waals surface area contributed by atoms with Gasteiger partial charge in [-0.05, 0) is 63.2 Å². The standard InChI is InChI=1S/C20H30O5/c1-23-19(22)7-3-2-6-14-9-10-15-16(14)12-18(17(15)13-21)25-20-8-4-5-11-24-20/h6,13,15-18,20H,2-5,7-12H2,1H3. The van der Waals surface area contributed by atoms with Gasteiger partial charge in [-0.25, -0.2) is 0 Å². The molecule has 5 heteroatoms. The zero-order valence-corrected chi connectivity index (χ0v) is 15.2. The largest absolute Gasteiger partial charge is 0.469 e. The van der Waals surface area contributed by atoms with Gasteiger partial charge in [-0.2, -0.15) is 0 Å². The maximum absolute atomic E-state index is 11.7. The molecule has 0 bridgehead atoms. The Morgan fingerprint density at radius 2 is 2.20 bits per heavy atom. The van der Waals surface area contributed by atoms with E-state index in [9.17, 15) is 9.59 Å². The van der Waals surface area contributed by atoms with Crippen LogP contribution in [0.1, 0.15) is 57.8 Å². The van der Waals surface area contributed by atoms with Crippen LogP contribution in [-0.2, 0) is 23.8 Å². The summed E-state index contributed by atoms with van der Waals surface area (Å²) in [6.45, 7) is 0.765. The molecule has 3 rings (SSSR count). The fourth-order valence-corrected chi connectivity index (χ4v) is 4.70. The second kappa shape index (κ2) is 8.95. The zero-order valence-electron chi connectivity index (χ0n) is 15.2. The van der Waals surface area contributed by atoms with Crippen molar-refractivity contribution in [3.05, 3.63) is 11.6 Å². The summed E-state index contributed by atoms with van der Waals surface area (Å²) in [6, 6.07) is 0. The van der Waals surface area contributed by atoms with E-state index in [4.69, 9.17) is 9.47 Å². The van der Waals surface area contributed by atoms with E-state index in [1.165, 1.54) is 12.7 Å². The van der Waals surface area contributed by atoms with Gasteiger partial charge < -0.3 is 19.0 Å². The Morgan fingerprint density at radius 3 is 2.92 bits per heavy atom. The number of carbonyl (C=O) groups is 2. The van der Waals surface area contributed by atoms with Gasteiger partial charge in [0.1, 0.15) is 6.29 Å². The van der Waals surface area contributed by atoms with Gasteiger partial charge in [0.05, 0.1) is 13.2 Å². The summed E-state index contributed by atoms with van der Waals surface area (Å²) in [5.41, 5.74) is 1.46. The van der Waals surface area contributed by atoms with Crippen molar-refractivity contribution in [2.24, 2.45) is 17.8 Å². The fraction of sp³-hybridized carbons (Fsp3) is 0.800. The molecule has 3 fully saturated rings. The molecule has 140 valence electrons. The summed E-state index contributed by atoms with van der Waals surface area (Å²) < 4.78 is 16.5. The van der Waals surface area contributed by atoms with Gasteiger partial charge in [-0.3, -0.25) is 4.79 Å². The van der Waals surface area contributed by atoms with Crippen LogP contribution in [0.25, 0.3) is 0 Å². The van der Waals surface area contributed by atoms with Crippen LogP contribution in [0, 0.1) is 17.8 Å². The van der Waals surface area contributed by atoms with Crippen LogP contribution >= 0.6 is 0 Å². The van der Waals surface area contributed by atoms with Crippen molar-refractivity contribution in [1.82, 2.24) is 0 Å². The van der Waals surface area contributed by atoms with Crippen LogP contribution in [0.5, 0.6) is 0 Å². The summed E-state index contributed by atoms with van der Waals surface area (Å²) in [7, 11) is 1.43. The van der Waals surface area contributed by atoms with E-state index in [2.05, 4.69) is 10.8 Å². The van der Waals surface area contributed by atoms with Crippen LogP contribution in [-0.4, -0.2) is 38.4 Å². The normalized spacial score (nSPS) is 36.4. The molecule has 5 unspecified atom stereocenters. The molecule has 2 aliphatic carbocycles. The first kappa shape index (κ1) is 18.6. The average Bonchev–Trinajstić information content (AvgIpc) is 3.18. The fourth-order valence-electron chi connectivity index (χ4n) is 4.70. The molecule has 5 nitrogen and oxygen atoms in total. The number of hydrogen-bond acceptors (Lipinski definition) is 5. The molecule has 2 saturated carbocycles. The van der Waals surface area contributed by atoms with E-state index in [0.717, 1.165) is 64.3 Å². The molecule has 25 heavy (non-hydrogen) atoms. The number of rotatable bonds is 7. The lowest BCUT2D eigenvalue weighted by molar-refractivity contribution is -0.194. The predicted molar refractivity (Wildman–Crippen MR) is 92.8 cm³/mol. The summed E-state index contributed by atoms with van der Waals surface area (Å²) in [5, 5.41) is 0. The smallest absolute Gasteiger partial charge is 0.305 e. The lowest BCUT2D eigenvalue weighted by atomic mass is 9.91. The number of carbonyl (C=O) groups excluding carboxylic acids is 2. The van der Waals surface area contributed by atoms with Gasteiger partial charge in [-0.15, -0.1) is 0 Å². The van der Waals surface area contributed by atoms with Crippen molar-refractivity contribution in [3.63, 3.8) is 0 Å². The summed E-state index contributed by atoms with van der Waals surface area (Å²) in [6.07, 6.45) is 11.7. The summed E-state index contributed by atoms with van der Waals surface area (Å²) >= 11 is 0. The van der Waals surface area contributed by atoms with E-state index in [1.807, 2.05) is 0 Å². The molecule has 0 amide bonds. The average molecular weight is 350 g/mol. The van der Waals surface area contributed by atoms with Gasteiger partial charge in [-0.1, -0.05) is 11.6 Å². The third-order valence-corrected chi connectivity index (χ3v) is 6.01. The number of methoxy groups -OCH3 is 1. The van der Waals surface area contributed by atoms with Crippen LogP contribution in [0.4, 0.5) is 0 Å². The Labute approximate surface area is 150 Å². The highest BCUT2D eigenvalue weighted by atomic mass is 16.7. The van der Waals surface area contributed by atoms with Gasteiger partial charge in [0.2, 0.25) is 0 Å². The first-order valence-electron chi connectivity index (χ1n) is 9.71. The third-order valence-electron chi connectivity index (χ3n) is 6.01. The number of allylic oxidation sites excluding steroid dienone is 2. The second-order valence-corrected chi connectivity index (χ2v) is 7.48. The van der Waals surface area contributed by atoms with Crippen LogP contribution in [0.3, 0.4) is 0 Å². The number of fused-ring (bicyclic) bond motifs is 1. The summed E-state index contributed by atoms with van der Waals surface area (Å²) in [5.74, 6) is 0.724. The third kappa shape index (κ3) is 4.50. The van der Waals surface area contributed by atoms with Gasteiger partial charge in [0, 0.05) is 18.9 Å². The monoisotopic (exact) mass is 350 g/mol. The molecule has 0 aromatic rings. The SMILES string of the molecule is COC(=O)CCCC=C1CCC2C1CC(OC1CCCCO1)C2C=O. The Hall–Kier alpha value is -1.20. The molecule has 0 spiro atoms. The van der Waals surface area contributed by atoms with Gasteiger partial charge in [0.15, 0.2) is 6.29 Å². The van der Waals surface area contributed by atoms with Crippen molar-refractivity contribution >= 4 is 12.3 Å². The summed E-state index contributed by atoms with van der Waals surface area (Å²) in [4.78, 5) is 22.9. The lowest BCUT2D eigenvalue weighted by Gasteiger charge is -2.28. The number of hydrogen-bond donors (Lipinski definition) is 0. The Bertz CT molecular complexity index is 494. The predicted octanol–water partition coefficient (Wildman–Crippen LogP) is 3.41. The molecular weight excluding hydrogens is 320 g/mol. The van der Waals surface area contributed by atoms with E-state index in [0.29, 0.717) is 18.3 Å². The maximum atomic E-state index is 11.7. The zero-order chi connectivity index (χ0) is 17.6. The molecule has 5 atom stereocenters. The highest BCUT2D eigenvalue weighted by Crippen LogP contribution is 2.51. The van der Waals surface area contributed by atoms with Crippen LogP contribution in [0.15, 0.2) is 11.6 Å². The minimum absolute atomic E-state index is 0.00324. The highest BCUT2D eigenvalue weighted by molar-refractivity contribution is 5.69. The molecule has 1 heterocycles. The molecule has 0 aromatic heterocycles. The minimum Gasteiger partial charge on any atom is -0.469 e. The molecule has 3 aliphatic rings. The van der Waals surface area contributed by atoms with Gasteiger partial charge in [0.25, 0.3) is 0 Å². The first-order chi connectivity index (χ1) is 12.2. The van der Waals surface area contributed by atoms with Crippen molar-refractivity contribution < 1.29 is 23.8 Å². The van der Waals surface area contributed by atoms with Crippen molar-refractivity contribution in [1.29, 1.82) is 0 Å². The van der Waals surface area contributed by atoms with Crippen molar-refractivity contribution in [2.45, 2.75) is 70.2 Å². The van der Waals surface area contributed by atoms with Crippen molar-refractivity contribution in [3.8, 4) is 0 Å². The van der Waals surface area contributed by atoms with E-state index in [1.54, 1.807) is 0 Å². The quantitative estimate of drug-likeness (QED) is 0.305. The molecule has 0 aromatic carbocycles. The topological polar surface area (TPSA) is 61.8 Å². The molecule has 1 aliphatic heterocycles. The first-order valence-corrected chi connectivity index (χ1v) is 9.71.